The lowest BCUT2D eigenvalue weighted by molar-refractivity contribution is 0.572. The summed E-state index contributed by atoms with van der Waals surface area (Å²) in [4.78, 5) is 12.5. The maximum absolute atomic E-state index is 12.5. The zero-order valence-corrected chi connectivity index (χ0v) is 15.1. The molecule has 0 bridgehead atoms. The van der Waals surface area contributed by atoms with Gasteiger partial charge in [0.05, 0.1) is 11.1 Å². The summed E-state index contributed by atoms with van der Waals surface area (Å²) < 4.78 is 0. The van der Waals surface area contributed by atoms with E-state index in [1.807, 2.05) is 12.1 Å². The molecule has 132 valence electrons. The lowest BCUT2D eigenvalue weighted by atomic mass is 9.70. The molecule has 1 aliphatic carbocycles. The first-order chi connectivity index (χ1) is 13.2. The van der Waals surface area contributed by atoms with E-state index in [4.69, 9.17) is 0 Å². The maximum atomic E-state index is 12.5. The second-order valence-corrected chi connectivity index (χ2v) is 7.39. The summed E-state index contributed by atoms with van der Waals surface area (Å²) in [6.07, 6.45) is 0.903. The predicted molar refractivity (Wildman–Crippen MR) is 108 cm³/mol. The van der Waals surface area contributed by atoms with Crippen LogP contribution in [0.4, 0.5) is 0 Å². The van der Waals surface area contributed by atoms with Crippen LogP contribution in [0.3, 0.4) is 0 Å². The second kappa shape index (κ2) is 6.20. The van der Waals surface area contributed by atoms with E-state index in [0.717, 1.165) is 28.5 Å². The third-order valence-corrected chi connectivity index (χ3v) is 5.67. The summed E-state index contributed by atoms with van der Waals surface area (Å²) in [6.45, 7) is 2.05. The monoisotopic (exact) mass is 352 g/mol. The highest BCUT2D eigenvalue weighted by Gasteiger charge is 2.34. The van der Waals surface area contributed by atoms with Crippen LogP contribution in [0.2, 0.25) is 0 Å². The van der Waals surface area contributed by atoms with Crippen LogP contribution in [-0.2, 0) is 6.42 Å². The summed E-state index contributed by atoms with van der Waals surface area (Å²) in [5, 5.41) is 9.10. The lowest BCUT2D eigenvalue weighted by Gasteiger charge is -2.33. The normalized spacial score (nSPS) is 18.6. The fourth-order valence-corrected chi connectivity index (χ4v) is 4.56. The van der Waals surface area contributed by atoms with Crippen LogP contribution in [-0.4, -0.2) is 10.2 Å². The zero-order chi connectivity index (χ0) is 18.4. The zero-order valence-electron chi connectivity index (χ0n) is 15.1. The highest BCUT2D eigenvalue weighted by atomic mass is 16.1. The summed E-state index contributed by atoms with van der Waals surface area (Å²) in [5.74, 6) is 0.396. The third-order valence-electron chi connectivity index (χ3n) is 5.67. The van der Waals surface area contributed by atoms with Gasteiger partial charge in [-0.2, -0.15) is 5.10 Å². The Bertz CT molecular complexity index is 1180. The van der Waals surface area contributed by atoms with Crippen molar-refractivity contribution in [3.8, 4) is 0 Å². The Morgan fingerprint density at radius 1 is 0.926 bits per heavy atom. The Balaban J connectivity index is 1.83. The number of aryl methyl sites for hydroxylation is 1. The van der Waals surface area contributed by atoms with Crippen molar-refractivity contribution in [2.24, 2.45) is 0 Å². The number of hydrogen-bond acceptors (Lipinski definition) is 2. The van der Waals surface area contributed by atoms with Gasteiger partial charge in [-0.05, 0) is 36.1 Å². The van der Waals surface area contributed by atoms with Crippen molar-refractivity contribution >= 4 is 10.8 Å². The Morgan fingerprint density at radius 3 is 2.30 bits per heavy atom. The van der Waals surface area contributed by atoms with Crippen molar-refractivity contribution in [3.63, 3.8) is 0 Å². The number of hydrogen-bond donors (Lipinski definition) is 1. The molecule has 0 aliphatic heterocycles. The fraction of sp³-hybridized carbons (Fsp3) is 0.167. The Morgan fingerprint density at radius 2 is 1.59 bits per heavy atom. The van der Waals surface area contributed by atoms with E-state index in [2.05, 4.69) is 77.8 Å². The molecule has 2 unspecified atom stereocenters. The molecule has 1 heterocycles. The van der Waals surface area contributed by atoms with Crippen LogP contribution in [0.1, 0.15) is 39.8 Å². The molecule has 1 N–H and O–H groups in total. The molecule has 5 rings (SSSR count). The second-order valence-electron chi connectivity index (χ2n) is 7.39. The van der Waals surface area contributed by atoms with Crippen LogP contribution in [0, 0.1) is 6.92 Å². The molecule has 3 nitrogen and oxygen atoms in total. The summed E-state index contributed by atoms with van der Waals surface area (Å²) in [7, 11) is 0. The molecule has 0 fully saturated rings. The van der Waals surface area contributed by atoms with Gasteiger partial charge in [-0.15, -0.1) is 0 Å². The van der Waals surface area contributed by atoms with E-state index in [-0.39, 0.29) is 17.4 Å². The number of aromatic amines is 1. The van der Waals surface area contributed by atoms with Crippen molar-refractivity contribution in [2.75, 3.05) is 0 Å². The van der Waals surface area contributed by atoms with Gasteiger partial charge >= 0.3 is 0 Å². The van der Waals surface area contributed by atoms with Crippen molar-refractivity contribution in [1.82, 2.24) is 10.2 Å². The van der Waals surface area contributed by atoms with Gasteiger partial charge in [-0.3, -0.25) is 4.79 Å². The third kappa shape index (κ3) is 2.58. The largest absolute Gasteiger partial charge is 0.272 e. The van der Waals surface area contributed by atoms with Gasteiger partial charge in [-0.25, -0.2) is 5.10 Å². The summed E-state index contributed by atoms with van der Waals surface area (Å²) >= 11 is 0. The fourth-order valence-electron chi connectivity index (χ4n) is 4.56. The van der Waals surface area contributed by atoms with Crippen LogP contribution < -0.4 is 5.56 Å². The predicted octanol–water partition coefficient (Wildman–Crippen LogP) is 4.70. The van der Waals surface area contributed by atoms with E-state index in [9.17, 15) is 4.79 Å². The molecule has 0 spiro atoms. The number of H-pyrrole nitrogens is 1. The van der Waals surface area contributed by atoms with Gasteiger partial charge in [0.15, 0.2) is 0 Å². The summed E-state index contributed by atoms with van der Waals surface area (Å²) in [5.41, 5.74) is 5.75. The van der Waals surface area contributed by atoms with Gasteiger partial charge in [0.1, 0.15) is 0 Å². The van der Waals surface area contributed by atoms with Gasteiger partial charge in [-0.1, -0.05) is 72.3 Å². The van der Waals surface area contributed by atoms with E-state index in [1.54, 1.807) is 0 Å². The number of rotatable bonds is 2. The maximum Gasteiger partial charge on any atom is 0.272 e. The van der Waals surface area contributed by atoms with Crippen molar-refractivity contribution in [1.29, 1.82) is 0 Å². The molecule has 3 heteroatoms. The molecule has 0 saturated carbocycles. The Kier molecular flexibility index (Phi) is 3.68. The first-order valence-electron chi connectivity index (χ1n) is 9.34. The summed E-state index contributed by atoms with van der Waals surface area (Å²) in [6, 6.07) is 25.4. The van der Waals surface area contributed by atoms with Crippen LogP contribution >= 0.6 is 0 Å². The molecule has 1 aliphatic rings. The van der Waals surface area contributed by atoms with Crippen molar-refractivity contribution in [3.05, 3.63) is 111 Å². The molecule has 27 heavy (non-hydrogen) atoms. The molecule has 3 aromatic carbocycles. The van der Waals surface area contributed by atoms with Gasteiger partial charge in [0, 0.05) is 17.2 Å². The van der Waals surface area contributed by atoms with E-state index >= 15 is 0 Å². The van der Waals surface area contributed by atoms with E-state index < -0.39 is 0 Å². The van der Waals surface area contributed by atoms with E-state index in [0.29, 0.717) is 0 Å². The minimum Gasteiger partial charge on any atom is -0.267 e. The van der Waals surface area contributed by atoms with Gasteiger partial charge in [0.25, 0.3) is 5.56 Å². The Hall–Kier alpha value is -3.20. The van der Waals surface area contributed by atoms with Crippen LogP contribution in [0.25, 0.3) is 10.8 Å². The SMILES string of the molecule is Cc1cc2c3c(n[nH]c(=O)c3c1)C(c1ccccc1)C(c1ccccc1)C2. The average Bonchev–Trinajstić information content (AvgIpc) is 2.71. The molecular weight excluding hydrogens is 332 g/mol. The van der Waals surface area contributed by atoms with Gasteiger partial charge in [0.2, 0.25) is 0 Å². The first kappa shape index (κ1) is 16.0. The van der Waals surface area contributed by atoms with Crippen LogP contribution in [0.15, 0.2) is 77.6 Å². The van der Waals surface area contributed by atoms with Crippen LogP contribution in [0.5, 0.6) is 0 Å². The average molecular weight is 352 g/mol. The standard InChI is InChI=1S/C24H20N2O/c1-15-12-18-14-19(16-8-4-2-5-9-16)21(17-10-6-3-7-11-17)23-22(18)20(13-15)24(27)26-25-23/h2-13,19,21H,14H2,1H3,(H,26,27). The molecular formula is C24H20N2O. The molecule has 2 atom stereocenters. The van der Waals surface area contributed by atoms with Gasteiger partial charge < -0.3 is 0 Å². The van der Waals surface area contributed by atoms with Crippen molar-refractivity contribution in [2.45, 2.75) is 25.2 Å². The van der Waals surface area contributed by atoms with Crippen molar-refractivity contribution < 1.29 is 0 Å². The number of aromatic nitrogens is 2. The smallest absolute Gasteiger partial charge is 0.267 e. The number of nitrogens with zero attached hydrogens (tertiary/aromatic N) is 1. The minimum atomic E-state index is -0.108. The quantitative estimate of drug-likeness (QED) is 0.568. The highest BCUT2D eigenvalue weighted by Crippen LogP contribution is 2.46. The topological polar surface area (TPSA) is 45.8 Å². The highest BCUT2D eigenvalue weighted by molar-refractivity contribution is 5.89. The minimum absolute atomic E-state index is 0.108. The molecule has 0 saturated heterocycles. The molecule has 0 amide bonds. The Labute approximate surface area is 157 Å². The lowest BCUT2D eigenvalue weighted by Crippen LogP contribution is -2.25. The first-order valence-corrected chi connectivity index (χ1v) is 9.34. The molecule has 1 aromatic heterocycles. The molecule has 0 radical (unpaired) electrons. The van der Waals surface area contributed by atoms with E-state index in [1.165, 1.54) is 16.7 Å². The number of benzene rings is 3. The number of nitrogens with one attached hydrogen (secondary N) is 1. The molecule has 4 aromatic rings.